The number of rotatable bonds is 4. The highest BCUT2D eigenvalue weighted by Gasteiger charge is 2.20. The molecule has 17 heavy (non-hydrogen) atoms. The fraction of sp³-hybridized carbons (Fsp3) is 0.400. The lowest BCUT2D eigenvalue weighted by molar-refractivity contribution is 0.147. The molecule has 0 saturated heterocycles. The van der Waals surface area contributed by atoms with E-state index in [9.17, 15) is 17.2 Å². The Balaban J connectivity index is 3.38. The van der Waals surface area contributed by atoms with Crippen LogP contribution in [0, 0.1) is 6.92 Å². The van der Waals surface area contributed by atoms with Crippen molar-refractivity contribution in [2.24, 2.45) is 0 Å². The van der Waals surface area contributed by atoms with Gasteiger partial charge in [-0.2, -0.15) is 0 Å². The van der Waals surface area contributed by atoms with Crippen molar-refractivity contribution in [3.8, 4) is 5.75 Å². The predicted molar refractivity (Wildman–Crippen MR) is 61.2 cm³/mol. The molecular weight excluding hydrogens is 274 g/mol. The van der Waals surface area contributed by atoms with Gasteiger partial charge in [0.15, 0.2) is 0 Å². The van der Waals surface area contributed by atoms with E-state index in [1.807, 2.05) is 0 Å². The van der Waals surface area contributed by atoms with E-state index in [2.05, 4.69) is 0 Å². The summed E-state index contributed by atoms with van der Waals surface area (Å²) in [6, 6.07) is 2.72. The number of halogens is 3. The standard InChI is InChI=1S/C10H11ClF2O3S/c1-6-3-7(5-17(11,14)15)9(16-2)8(4-6)10(12)13/h3-4,10H,5H2,1-2H3. The lowest BCUT2D eigenvalue weighted by atomic mass is 10.1. The first-order chi connectivity index (χ1) is 7.74. The number of alkyl halides is 2. The summed E-state index contributed by atoms with van der Waals surface area (Å²) in [5.74, 6) is -0.672. The molecule has 0 bridgehead atoms. The zero-order valence-corrected chi connectivity index (χ0v) is 10.8. The second kappa shape index (κ2) is 5.18. The molecular formula is C10H11ClF2O3S. The second-order valence-corrected chi connectivity index (χ2v) is 6.31. The molecule has 0 fully saturated rings. The number of aryl methyl sites for hydroxylation is 1. The maximum Gasteiger partial charge on any atom is 0.267 e. The second-order valence-electron chi connectivity index (χ2n) is 3.53. The largest absolute Gasteiger partial charge is 0.496 e. The van der Waals surface area contributed by atoms with Crippen LogP contribution in [0.2, 0.25) is 0 Å². The molecule has 0 atom stereocenters. The molecule has 96 valence electrons. The molecule has 0 heterocycles. The van der Waals surface area contributed by atoms with Crippen LogP contribution in [-0.2, 0) is 14.8 Å². The molecule has 1 aromatic rings. The first-order valence-corrected chi connectivity index (χ1v) is 7.10. The highest BCUT2D eigenvalue weighted by Crippen LogP contribution is 2.34. The third kappa shape index (κ3) is 3.81. The summed E-state index contributed by atoms with van der Waals surface area (Å²) in [7, 11) is 2.50. The topological polar surface area (TPSA) is 43.4 Å². The van der Waals surface area contributed by atoms with Crippen LogP contribution in [0.4, 0.5) is 8.78 Å². The molecule has 1 aromatic carbocycles. The molecule has 7 heteroatoms. The van der Waals surface area contributed by atoms with Crippen molar-refractivity contribution >= 4 is 19.7 Å². The predicted octanol–water partition coefficient (Wildman–Crippen LogP) is 3.01. The quantitative estimate of drug-likeness (QED) is 0.798. The summed E-state index contributed by atoms with van der Waals surface area (Å²) >= 11 is 0. The molecule has 0 N–H and O–H groups in total. The minimum Gasteiger partial charge on any atom is -0.496 e. The van der Waals surface area contributed by atoms with Crippen molar-refractivity contribution in [3.63, 3.8) is 0 Å². The molecule has 0 aromatic heterocycles. The summed E-state index contributed by atoms with van der Waals surface area (Å²) in [6.45, 7) is 1.59. The molecule has 0 unspecified atom stereocenters. The fourth-order valence-corrected chi connectivity index (χ4v) is 2.52. The summed E-state index contributed by atoms with van der Waals surface area (Å²) in [4.78, 5) is 0. The van der Waals surface area contributed by atoms with Crippen LogP contribution in [-0.4, -0.2) is 15.5 Å². The Labute approximate surface area is 103 Å². The van der Waals surface area contributed by atoms with Gasteiger partial charge in [-0.1, -0.05) is 11.6 Å². The molecule has 1 rings (SSSR count). The van der Waals surface area contributed by atoms with Crippen LogP contribution < -0.4 is 4.74 Å². The molecule has 0 radical (unpaired) electrons. The summed E-state index contributed by atoms with van der Waals surface area (Å²) in [6.07, 6.45) is -2.73. The highest BCUT2D eigenvalue weighted by molar-refractivity contribution is 8.13. The maximum absolute atomic E-state index is 12.7. The van der Waals surface area contributed by atoms with Crippen molar-refractivity contribution in [2.45, 2.75) is 19.1 Å². The Kier molecular flexibility index (Phi) is 4.32. The SMILES string of the molecule is COc1c(CS(=O)(=O)Cl)cc(C)cc1C(F)F. The van der Waals surface area contributed by atoms with E-state index >= 15 is 0 Å². The average Bonchev–Trinajstić information content (AvgIpc) is 2.14. The first-order valence-electron chi connectivity index (χ1n) is 4.62. The van der Waals surface area contributed by atoms with Gasteiger partial charge in [0.2, 0.25) is 9.05 Å². The van der Waals surface area contributed by atoms with Crippen LogP contribution in [0.3, 0.4) is 0 Å². The number of methoxy groups -OCH3 is 1. The minimum atomic E-state index is -3.82. The van der Waals surface area contributed by atoms with Gasteiger partial charge in [0.05, 0.1) is 18.4 Å². The van der Waals surface area contributed by atoms with E-state index in [0.29, 0.717) is 5.56 Å². The van der Waals surface area contributed by atoms with Gasteiger partial charge in [-0.25, -0.2) is 17.2 Å². The number of hydrogen-bond donors (Lipinski definition) is 0. The first kappa shape index (κ1) is 14.2. The maximum atomic E-state index is 12.7. The van der Waals surface area contributed by atoms with Gasteiger partial charge in [-0.3, -0.25) is 0 Å². The van der Waals surface area contributed by atoms with E-state index in [-0.39, 0.29) is 16.9 Å². The molecule has 0 spiro atoms. The Morgan fingerprint density at radius 2 is 2.00 bits per heavy atom. The van der Waals surface area contributed by atoms with Gasteiger partial charge in [-0.05, 0) is 13.0 Å². The Morgan fingerprint density at radius 3 is 2.41 bits per heavy atom. The number of hydrogen-bond acceptors (Lipinski definition) is 3. The van der Waals surface area contributed by atoms with Gasteiger partial charge < -0.3 is 4.74 Å². The minimum absolute atomic E-state index is 0.130. The van der Waals surface area contributed by atoms with Gasteiger partial charge in [-0.15, -0.1) is 0 Å². The normalized spacial score (nSPS) is 11.9. The summed E-state index contributed by atoms with van der Waals surface area (Å²) in [5, 5.41) is 0. The van der Waals surface area contributed by atoms with Crippen LogP contribution in [0.25, 0.3) is 0 Å². The van der Waals surface area contributed by atoms with Crippen LogP contribution in [0.15, 0.2) is 12.1 Å². The highest BCUT2D eigenvalue weighted by atomic mass is 35.7. The van der Waals surface area contributed by atoms with Crippen molar-refractivity contribution in [1.29, 1.82) is 0 Å². The fourth-order valence-electron chi connectivity index (χ4n) is 1.58. The molecule has 0 amide bonds. The summed E-state index contributed by atoms with van der Waals surface area (Å²) < 4.78 is 52.3. The zero-order valence-electron chi connectivity index (χ0n) is 9.21. The molecule has 0 aliphatic rings. The Bertz CT molecular complexity index is 515. The molecule has 0 saturated carbocycles. The van der Waals surface area contributed by atoms with Crippen molar-refractivity contribution in [2.75, 3.05) is 7.11 Å². The Morgan fingerprint density at radius 1 is 1.41 bits per heavy atom. The lowest BCUT2D eigenvalue weighted by Gasteiger charge is -2.13. The van der Waals surface area contributed by atoms with Crippen molar-refractivity contribution < 1.29 is 21.9 Å². The Hall–Kier alpha value is -0.880. The van der Waals surface area contributed by atoms with Gasteiger partial charge in [0, 0.05) is 16.2 Å². The molecule has 0 aliphatic heterocycles. The molecule has 0 aliphatic carbocycles. The smallest absolute Gasteiger partial charge is 0.267 e. The monoisotopic (exact) mass is 284 g/mol. The third-order valence-corrected chi connectivity index (χ3v) is 3.09. The third-order valence-electron chi connectivity index (χ3n) is 2.11. The van der Waals surface area contributed by atoms with Crippen LogP contribution in [0.5, 0.6) is 5.75 Å². The van der Waals surface area contributed by atoms with Crippen molar-refractivity contribution in [1.82, 2.24) is 0 Å². The van der Waals surface area contributed by atoms with E-state index in [1.165, 1.54) is 19.2 Å². The summed E-state index contributed by atoms with van der Waals surface area (Å²) in [5.41, 5.74) is 0.331. The molecule has 3 nitrogen and oxygen atoms in total. The van der Waals surface area contributed by atoms with Gasteiger partial charge in [0.25, 0.3) is 6.43 Å². The average molecular weight is 285 g/mol. The van der Waals surface area contributed by atoms with E-state index in [4.69, 9.17) is 15.4 Å². The van der Waals surface area contributed by atoms with E-state index in [0.717, 1.165) is 0 Å². The van der Waals surface area contributed by atoms with Gasteiger partial charge in [0.1, 0.15) is 5.75 Å². The zero-order chi connectivity index (χ0) is 13.2. The lowest BCUT2D eigenvalue weighted by Crippen LogP contribution is -2.03. The number of benzene rings is 1. The van der Waals surface area contributed by atoms with E-state index in [1.54, 1.807) is 6.92 Å². The van der Waals surface area contributed by atoms with Crippen LogP contribution >= 0.6 is 10.7 Å². The van der Waals surface area contributed by atoms with Gasteiger partial charge >= 0.3 is 0 Å². The van der Waals surface area contributed by atoms with E-state index < -0.39 is 21.2 Å². The number of ether oxygens (including phenoxy) is 1. The van der Waals surface area contributed by atoms with Crippen molar-refractivity contribution in [3.05, 3.63) is 28.8 Å². The van der Waals surface area contributed by atoms with Crippen LogP contribution in [0.1, 0.15) is 23.1 Å².